The van der Waals surface area contributed by atoms with Crippen LogP contribution in [0.2, 0.25) is 0 Å². The van der Waals surface area contributed by atoms with E-state index in [1.54, 1.807) is 0 Å². The molecule has 3 heteroatoms. The Labute approximate surface area is 151 Å². The summed E-state index contributed by atoms with van der Waals surface area (Å²) in [5, 5.41) is 3.15. The monoisotopic (exact) mass is 337 g/mol. The van der Waals surface area contributed by atoms with Crippen molar-refractivity contribution >= 4 is 11.6 Å². The molecule has 0 spiro atoms. The second-order valence-corrected chi connectivity index (χ2v) is 7.65. The second-order valence-electron chi connectivity index (χ2n) is 7.65. The van der Waals surface area contributed by atoms with E-state index in [1.807, 2.05) is 24.3 Å². The van der Waals surface area contributed by atoms with E-state index in [0.29, 0.717) is 18.4 Å². The van der Waals surface area contributed by atoms with Crippen molar-refractivity contribution in [3.8, 4) is 0 Å². The topological polar surface area (TPSA) is 33.5 Å². The molecule has 1 saturated heterocycles. The van der Waals surface area contributed by atoms with Gasteiger partial charge in [-0.1, -0.05) is 62.4 Å². The van der Waals surface area contributed by atoms with Gasteiger partial charge in [-0.05, 0) is 30.0 Å². The van der Waals surface area contributed by atoms with Crippen LogP contribution in [0, 0.1) is 11.8 Å². The van der Waals surface area contributed by atoms with Crippen molar-refractivity contribution in [3.63, 3.8) is 0 Å². The number of quaternary nitrogens is 1. The fraction of sp³-hybridized carbons (Fsp3) is 0.409. The lowest BCUT2D eigenvalue weighted by Crippen LogP contribution is -3.15. The van der Waals surface area contributed by atoms with Crippen LogP contribution in [0.25, 0.3) is 0 Å². The highest BCUT2D eigenvalue weighted by atomic mass is 16.2. The fourth-order valence-corrected chi connectivity index (χ4v) is 4.10. The van der Waals surface area contributed by atoms with Crippen molar-refractivity contribution in [2.45, 2.75) is 26.7 Å². The minimum Gasteiger partial charge on any atom is -0.327 e. The number of anilines is 1. The molecule has 1 aliphatic heterocycles. The number of hydrogen-bond donors (Lipinski definition) is 2. The number of piperidine rings is 1. The maximum Gasteiger partial charge on any atom is 0.279 e. The molecular weight excluding hydrogens is 308 g/mol. The van der Waals surface area contributed by atoms with Crippen LogP contribution < -0.4 is 10.2 Å². The molecule has 0 saturated carbocycles. The second kappa shape index (κ2) is 8.30. The molecule has 1 fully saturated rings. The molecule has 0 unspecified atom stereocenters. The first-order valence-electron chi connectivity index (χ1n) is 9.35. The number of rotatable bonds is 5. The highest BCUT2D eigenvalue weighted by Gasteiger charge is 2.26. The number of carbonyl (C=O) groups excluding carboxylic acids is 1. The molecule has 132 valence electrons. The van der Waals surface area contributed by atoms with Gasteiger partial charge in [0.1, 0.15) is 0 Å². The number of likely N-dealkylation sites (tertiary alicyclic amines) is 1. The van der Waals surface area contributed by atoms with E-state index in [1.165, 1.54) is 16.9 Å². The van der Waals surface area contributed by atoms with Crippen molar-refractivity contribution in [2.24, 2.45) is 11.8 Å². The van der Waals surface area contributed by atoms with E-state index < -0.39 is 0 Å². The van der Waals surface area contributed by atoms with Gasteiger partial charge < -0.3 is 10.2 Å². The summed E-state index contributed by atoms with van der Waals surface area (Å²) >= 11 is 0. The summed E-state index contributed by atoms with van der Waals surface area (Å²) in [7, 11) is 0. The largest absolute Gasteiger partial charge is 0.327 e. The van der Waals surface area contributed by atoms with Gasteiger partial charge in [0.2, 0.25) is 0 Å². The predicted molar refractivity (Wildman–Crippen MR) is 103 cm³/mol. The molecule has 1 amide bonds. The smallest absolute Gasteiger partial charge is 0.279 e. The molecule has 0 aromatic heterocycles. The van der Waals surface area contributed by atoms with Gasteiger partial charge in [0.25, 0.3) is 5.91 Å². The molecule has 25 heavy (non-hydrogen) atoms. The van der Waals surface area contributed by atoms with Gasteiger partial charge in [0.15, 0.2) is 6.54 Å². The third kappa shape index (κ3) is 5.17. The quantitative estimate of drug-likeness (QED) is 0.864. The first-order chi connectivity index (χ1) is 12.1. The van der Waals surface area contributed by atoms with Gasteiger partial charge in [0.05, 0.1) is 13.1 Å². The van der Waals surface area contributed by atoms with Crippen LogP contribution >= 0.6 is 0 Å². The molecule has 2 aromatic carbocycles. The summed E-state index contributed by atoms with van der Waals surface area (Å²) in [6, 6.07) is 18.5. The van der Waals surface area contributed by atoms with E-state index in [2.05, 4.69) is 49.5 Å². The minimum absolute atomic E-state index is 0.122. The van der Waals surface area contributed by atoms with Crippen LogP contribution in [0.4, 0.5) is 5.69 Å². The van der Waals surface area contributed by atoms with E-state index in [9.17, 15) is 4.79 Å². The molecule has 3 nitrogen and oxygen atoms in total. The number of benzene rings is 2. The Hall–Kier alpha value is -2.13. The summed E-state index contributed by atoms with van der Waals surface area (Å²) in [6.07, 6.45) is 2.12. The molecule has 3 rings (SSSR count). The van der Waals surface area contributed by atoms with Gasteiger partial charge in [-0.15, -0.1) is 0 Å². The average molecular weight is 337 g/mol. The minimum atomic E-state index is 0.122. The normalized spacial score (nSPS) is 23.2. The highest BCUT2D eigenvalue weighted by molar-refractivity contribution is 5.92. The number of carbonyl (C=O) groups is 1. The lowest BCUT2D eigenvalue weighted by atomic mass is 9.92. The van der Waals surface area contributed by atoms with Crippen LogP contribution in [-0.4, -0.2) is 25.5 Å². The van der Waals surface area contributed by atoms with Crippen molar-refractivity contribution in [2.75, 3.05) is 25.0 Å². The zero-order chi connectivity index (χ0) is 17.6. The summed E-state index contributed by atoms with van der Waals surface area (Å²) in [5.74, 6) is 1.53. The maximum absolute atomic E-state index is 12.6. The first kappa shape index (κ1) is 17.7. The number of amides is 1. The van der Waals surface area contributed by atoms with Crippen molar-refractivity contribution in [1.29, 1.82) is 0 Å². The molecule has 1 aliphatic rings. The Morgan fingerprint density at radius 1 is 1.00 bits per heavy atom. The molecular formula is C22H29N2O+. The van der Waals surface area contributed by atoms with Gasteiger partial charge in [-0.2, -0.15) is 0 Å². The van der Waals surface area contributed by atoms with E-state index in [4.69, 9.17) is 0 Å². The molecule has 2 aromatic rings. The van der Waals surface area contributed by atoms with E-state index in [-0.39, 0.29) is 5.91 Å². The SMILES string of the molecule is C[C@H]1C[C@H](C)C[NH+](CC(=O)Nc2ccccc2Cc2ccccc2)C1. The fourth-order valence-electron chi connectivity index (χ4n) is 4.10. The van der Waals surface area contributed by atoms with Crippen LogP contribution in [-0.2, 0) is 11.2 Å². The van der Waals surface area contributed by atoms with Gasteiger partial charge in [-0.3, -0.25) is 4.79 Å². The first-order valence-corrected chi connectivity index (χ1v) is 9.35. The number of hydrogen-bond acceptors (Lipinski definition) is 1. The third-order valence-electron chi connectivity index (χ3n) is 5.02. The van der Waals surface area contributed by atoms with E-state index >= 15 is 0 Å². The van der Waals surface area contributed by atoms with Crippen LogP contribution in [0.5, 0.6) is 0 Å². The molecule has 2 atom stereocenters. The van der Waals surface area contributed by atoms with Crippen molar-refractivity contribution in [3.05, 3.63) is 65.7 Å². The Morgan fingerprint density at radius 2 is 1.64 bits per heavy atom. The molecule has 2 N–H and O–H groups in total. The maximum atomic E-state index is 12.6. The van der Waals surface area contributed by atoms with Crippen LogP contribution in [0.3, 0.4) is 0 Å². The molecule has 1 heterocycles. The highest BCUT2D eigenvalue weighted by Crippen LogP contribution is 2.19. The predicted octanol–water partition coefficient (Wildman–Crippen LogP) is 2.78. The van der Waals surface area contributed by atoms with E-state index in [0.717, 1.165) is 30.8 Å². The third-order valence-corrected chi connectivity index (χ3v) is 5.02. The summed E-state index contributed by atoms with van der Waals surface area (Å²) < 4.78 is 0. The van der Waals surface area contributed by atoms with Gasteiger partial charge in [0, 0.05) is 17.5 Å². The van der Waals surface area contributed by atoms with Gasteiger partial charge in [-0.25, -0.2) is 0 Å². The summed E-state index contributed by atoms with van der Waals surface area (Å²) in [5.41, 5.74) is 3.36. The standard InChI is InChI=1S/C22H28N2O/c1-17-12-18(2)15-24(14-17)16-22(25)23-21-11-7-6-10-20(21)13-19-8-4-3-5-9-19/h3-11,17-18H,12-16H2,1-2H3,(H,23,25)/p+1/t17-,18-/m0/s1. The Bertz CT molecular complexity index is 688. The lowest BCUT2D eigenvalue weighted by Gasteiger charge is -2.31. The Balaban J connectivity index is 1.63. The zero-order valence-corrected chi connectivity index (χ0v) is 15.3. The summed E-state index contributed by atoms with van der Waals surface area (Å²) in [6.45, 7) is 7.35. The number of nitrogens with one attached hydrogen (secondary N) is 2. The Morgan fingerprint density at radius 3 is 2.36 bits per heavy atom. The molecule has 0 aliphatic carbocycles. The van der Waals surface area contributed by atoms with Crippen LogP contribution in [0.15, 0.2) is 54.6 Å². The lowest BCUT2D eigenvalue weighted by molar-refractivity contribution is -0.904. The molecule has 0 radical (unpaired) electrons. The van der Waals surface area contributed by atoms with Gasteiger partial charge >= 0.3 is 0 Å². The zero-order valence-electron chi connectivity index (χ0n) is 15.3. The Kier molecular flexibility index (Phi) is 5.87. The van der Waals surface area contributed by atoms with Crippen molar-refractivity contribution in [1.82, 2.24) is 0 Å². The van der Waals surface area contributed by atoms with Crippen LogP contribution in [0.1, 0.15) is 31.4 Å². The molecule has 0 bridgehead atoms. The van der Waals surface area contributed by atoms with Crippen molar-refractivity contribution < 1.29 is 9.69 Å². The average Bonchev–Trinajstić information content (AvgIpc) is 2.56. The number of para-hydroxylation sites is 1. The summed E-state index contributed by atoms with van der Waals surface area (Å²) in [4.78, 5) is 14.0.